The van der Waals surface area contributed by atoms with E-state index in [1.54, 1.807) is 4.57 Å². The van der Waals surface area contributed by atoms with E-state index in [0.29, 0.717) is 26.1 Å². The maximum Gasteiger partial charge on any atom is 0.307 e. The maximum atomic E-state index is 12.9. The second-order valence-electron chi connectivity index (χ2n) is 6.90. The molecule has 0 atom stereocenters. The van der Waals surface area contributed by atoms with Gasteiger partial charge >= 0.3 is 4.87 Å². The molecule has 5 heteroatoms. The minimum Gasteiger partial charge on any atom is -0.342 e. The molecule has 146 valence electrons. The fourth-order valence-electron chi connectivity index (χ4n) is 3.22. The van der Waals surface area contributed by atoms with Crippen LogP contribution < -0.4 is 4.87 Å². The first kappa shape index (κ1) is 20.1. The summed E-state index contributed by atoms with van der Waals surface area (Å²) < 4.78 is 1.69. The summed E-state index contributed by atoms with van der Waals surface area (Å²) in [5.41, 5.74) is 3.37. The van der Waals surface area contributed by atoms with Gasteiger partial charge in [-0.25, -0.2) is 0 Å². The van der Waals surface area contributed by atoms with Crippen LogP contribution in [0.4, 0.5) is 0 Å². The molecule has 0 aliphatic carbocycles. The summed E-state index contributed by atoms with van der Waals surface area (Å²) in [5.74, 6) is 0.101. The van der Waals surface area contributed by atoms with Crippen molar-refractivity contribution in [2.24, 2.45) is 0 Å². The Labute approximate surface area is 170 Å². The van der Waals surface area contributed by atoms with Gasteiger partial charge in [0, 0.05) is 37.1 Å². The zero-order valence-electron chi connectivity index (χ0n) is 16.2. The van der Waals surface area contributed by atoms with Crippen LogP contribution in [0.15, 0.2) is 70.8 Å². The fourth-order valence-corrected chi connectivity index (χ4v) is 3.98. The van der Waals surface area contributed by atoms with Crippen LogP contribution in [-0.2, 0) is 24.2 Å². The summed E-state index contributed by atoms with van der Waals surface area (Å²) in [6, 6.07) is 20.5. The number of carbonyl (C=O) groups excluding carboxylic acids is 1. The molecule has 3 aromatic rings. The lowest BCUT2D eigenvalue weighted by Crippen LogP contribution is -2.35. The Morgan fingerprint density at radius 1 is 0.929 bits per heavy atom. The molecule has 0 aliphatic rings. The maximum absolute atomic E-state index is 12.9. The monoisotopic (exact) mass is 394 g/mol. The van der Waals surface area contributed by atoms with Crippen LogP contribution >= 0.6 is 11.3 Å². The molecule has 0 N–H and O–H groups in total. The Kier molecular flexibility index (Phi) is 7.20. The van der Waals surface area contributed by atoms with E-state index in [-0.39, 0.29) is 10.8 Å². The summed E-state index contributed by atoms with van der Waals surface area (Å²) in [5, 5.41) is 1.84. The van der Waals surface area contributed by atoms with Gasteiger partial charge in [-0.05, 0) is 30.9 Å². The second kappa shape index (κ2) is 10.0. The van der Waals surface area contributed by atoms with Gasteiger partial charge in [-0.15, -0.1) is 0 Å². The van der Waals surface area contributed by atoms with Crippen molar-refractivity contribution in [2.45, 2.75) is 32.7 Å². The third kappa shape index (κ3) is 5.67. The number of amides is 1. The lowest BCUT2D eigenvalue weighted by atomic mass is 10.1. The van der Waals surface area contributed by atoms with E-state index < -0.39 is 0 Å². The third-order valence-corrected chi connectivity index (χ3v) is 5.79. The van der Waals surface area contributed by atoms with E-state index in [4.69, 9.17) is 0 Å². The standard InChI is InChI=1S/C23H26N2O2S/c1-19-18-28-23(27)25(19)17-14-22(26)24(15-12-20-8-4-2-5-9-20)16-13-21-10-6-3-7-11-21/h2-11,18H,12-17H2,1H3. The highest BCUT2D eigenvalue weighted by Gasteiger charge is 2.15. The smallest absolute Gasteiger partial charge is 0.307 e. The third-order valence-electron chi connectivity index (χ3n) is 4.90. The van der Waals surface area contributed by atoms with Gasteiger partial charge in [-0.1, -0.05) is 72.0 Å². The van der Waals surface area contributed by atoms with Gasteiger partial charge < -0.3 is 9.47 Å². The molecule has 4 nitrogen and oxygen atoms in total. The Hall–Kier alpha value is -2.66. The van der Waals surface area contributed by atoms with Gasteiger partial charge in [0.1, 0.15) is 0 Å². The Morgan fingerprint density at radius 3 is 1.93 bits per heavy atom. The zero-order valence-corrected chi connectivity index (χ0v) is 17.0. The molecule has 1 aromatic heterocycles. The van der Waals surface area contributed by atoms with Gasteiger partial charge in [0.2, 0.25) is 5.91 Å². The van der Waals surface area contributed by atoms with E-state index in [1.807, 2.05) is 53.6 Å². The number of hydrogen-bond acceptors (Lipinski definition) is 3. The molecule has 1 amide bonds. The number of carbonyl (C=O) groups is 1. The zero-order chi connectivity index (χ0) is 19.8. The number of rotatable bonds is 9. The van der Waals surface area contributed by atoms with E-state index >= 15 is 0 Å². The van der Waals surface area contributed by atoms with Crippen molar-refractivity contribution in [1.29, 1.82) is 0 Å². The number of thiazole rings is 1. The average molecular weight is 395 g/mol. The quantitative estimate of drug-likeness (QED) is 0.552. The highest BCUT2D eigenvalue weighted by Crippen LogP contribution is 2.08. The molecule has 0 saturated carbocycles. The minimum atomic E-state index is 0.00502. The van der Waals surface area contributed by atoms with E-state index in [2.05, 4.69) is 24.3 Å². The van der Waals surface area contributed by atoms with Crippen LogP contribution in [0, 0.1) is 6.92 Å². The summed E-state index contributed by atoms with van der Waals surface area (Å²) in [4.78, 5) is 26.8. The first-order valence-electron chi connectivity index (χ1n) is 9.64. The number of aromatic nitrogens is 1. The van der Waals surface area contributed by atoms with Gasteiger partial charge in [0.25, 0.3) is 0 Å². The molecule has 1 heterocycles. The van der Waals surface area contributed by atoms with Crippen LogP contribution in [0.5, 0.6) is 0 Å². The predicted octanol–water partition coefficient (Wildman–Crippen LogP) is 3.92. The van der Waals surface area contributed by atoms with Gasteiger partial charge in [-0.3, -0.25) is 9.59 Å². The lowest BCUT2D eigenvalue weighted by molar-refractivity contribution is -0.131. The molecule has 3 rings (SSSR count). The van der Waals surface area contributed by atoms with E-state index in [9.17, 15) is 9.59 Å². The van der Waals surface area contributed by atoms with Crippen LogP contribution in [-0.4, -0.2) is 28.5 Å². The Bertz CT molecular complexity index is 888. The van der Waals surface area contributed by atoms with Crippen LogP contribution in [0.3, 0.4) is 0 Å². The van der Waals surface area contributed by atoms with Crippen molar-refractivity contribution < 1.29 is 4.79 Å². The summed E-state index contributed by atoms with van der Waals surface area (Å²) in [7, 11) is 0. The lowest BCUT2D eigenvalue weighted by Gasteiger charge is -2.23. The fraction of sp³-hybridized carbons (Fsp3) is 0.304. The number of nitrogens with zero attached hydrogens (tertiary/aromatic N) is 2. The SMILES string of the molecule is Cc1csc(=O)n1CCC(=O)N(CCc1ccccc1)CCc1ccccc1. The molecule has 0 fully saturated rings. The highest BCUT2D eigenvalue weighted by atomic mass is 32.1. The second-order valence-corrected chi connectivity index (χ2v) is 7.72. The molecule has 0 bridgehead atoms. The molecule has 28 heavy (non-hydrogen) atoms. The predicted molar refractivity (Wildman–Crippen MR) is 115 cm³/mol. The van der Waals surface area contributed by atoms with Crippen LogP contribution in [0.1, 0.15) is 23.2 Å². The van der Waals surface area contributed by atoms with Crippen molar-refractivity contribution in [3.63, 3.8) is 0 Å². The van der Waals surface area contributed by atoms with Gasteiger partial charge in [-0.2, -0.15) is 0 Å². The highest BCUT2D eigenvalue weighted by molar-refractivity contribution is 7.07. The molecule has 0 aliphatic heterocycles. The number of benzene rings is 2. The van der Waals surface area contributed by atoms with E-state index in [0.717, 1.165) is 18.5 Å². The Morgan fingerprint density at radius 2 is 1.46 bits per heavy atom. The van der Waals surface area contributed by atoms with E-state index in [1.165, 1.54) is 22.5 Å². The molecule has 0 saturated heterocycles. The van der Waals surface area contributed by atoms with Crippen molar-refractivity contribution in [1.82, 2.24) is 9.47 Å². The van der Waals surface area contributed by atoms with Crippen LogP contribution in [0.25, 0.3) is 0 Å². The Balaban J connectivity index is 1.63. The van der Waals surface area contributed by atoms with Crippen molar-refractivity contribution in [3.8, 4) is 0 Å². The normalized spacial score (nSPS) is 10.8. The summed E-state index contributed by atoms with van der Waals surface area (Å²) in [6.07, 6.45) is 2.01. The molecule has 2 aromatic carbocycles. The first-order chi connectivity index (χ1) is 13.6. The number of hydrogen-bond donors (Lipinski definition) is 0. The van der Waals surface area contributed by atoms with Crippen molar-refractivity contribution in [2.75, 3.05) is 13.1 Å². The molecule has 0 radical (unpaired) electrons. The van der Waals surface area contributed by atoms with Gasteiger partial charge in [0.15, 0.2) is 0 Å². The molecular weight excluding hydrogens is 368 g/mol. The summed E-state index contributed by atoms with van der Waals surface area (Å²) in [6.45, 7) is 3.73. The first-order valence-corrected chi connectivity index (χ1v) is 10.5. The molecule has 0 spiro atoms. The minimum absolute atomic E-state index is 0.00502. The van der Waals surface area contributed by atoms with Crippen molar-refractivity contribution in [3.05, 3.63) is 92.5 Å². The van der Waals surface area contributed by atoms with Crippen molar-refractivity contribution >= 4 is 17.2 Å². The molecular formula is C23H26N2O2S. The topological polar surface area (TPSA) is 42.3 Å². The van der Waals surface area contributed by atoms with Gasteiger partial charge in [0.05, 0.1) is 0 Å². The largest absolute Gasteiger partial charge is 0.342 e. The molecule has 0 unspecified atom stereocenters. The average Bonchev–Trinajstić information content (AvgIpc) is 3.05. The number of aryl methyl sites for hydroxylation is 1. The van der Waals surface area contributed by atoms with Crippen LogP contribution in [0.2, 0.25) is 0 Å². The summed E-state index contributed by atoms with van der Waals surface area (Å²) >= 11 is 1.19.